The summed E-state index contributed by atoms with van der Waals surface area (Å²) in [5.41, 5.74) is 0.136. The molecular formula is C15H9ClF3N3O. The highest BCUT2D eigenvalue weighted by atomic mass is 35.5. The lowest BCUT2D eigenvalue weighted by Crippen LogP contribution is -2.24. The number of nitrogens with zero attached hydrogens (tertiary/aromatic N) is 1. The molecule has 0 bridgehead atoms. The molecule has 0 unspecified atom stereocenters. The van der Waals surface area contributed by atoms with Crippen LogP contribution in [0.3, 0.4) is 0 Å². The first-order chi connectivity index (χ1) is 11.0. The van der Waals surface area contributed by atoms with E-state index in [1.807, 2.05) is 0 Å². The van der Waals surface area contributed by atoms with Crippen LogP contribution in [0, 0.1) is 17.5 Å². The molecule has 23 heavy (non-hydrogen) atoms. The molecule has 4 nitrogen and oxygen atoms in total. The van der Waals surface area contributed by atoms with Gasteiger partial charge < -0.3 is 10.3 Å². The number of halogens is 4. The van der Waals surface area contributed by atoms with E-state index >= 15 is 0 Å². The normalized spacial score (nSPS) is 11.0. The van der Waals surface area contributed by atoms with Crippen LogP contribution in [0.15, 0.2) is 30.5 Å². The number of pyridine rings is 1. The summed E-state index contributed by atoms with van der Waals surface area (Å²) in [7, 11) is 0. The molecule has 0 atom stereocenters. The molecular weight excluding hydrogens is 331 g/mol. The Morgan fingerprint density at radius 1 is 1.22 bits per heavy atom. The minimum atomic E-state index is -1.07. The fourth-order valence-electron chi connectivity index (χ4n) is 2.12. The van der Waals surface area contributed by atoms with Crippen molar-refractivity contribution in [2.24, 2.45) is 0 Å². The summed E-state index contributed by atoms with van der Waals surface area (Å²) >= 11 is 5.98. The zero-order valence-electron chi connectivity index (χ0n) is 11.5. The molecule has 0 aliphatic heterocycles. The second-order valence-corrected chi connectivity index (χ2v) is 5.18. The van der Waals surface area contributed by atoms with Crippen molar-refractivity contribution in [3.63, 3.8) is 0 Å². The molecule has 2 N–H and O–H groups in total. The fourth-order valence-corrected chi connectivity index (χ4v) is 2.32. The van der Waals surface area contributed by atoms with Gasteiger partial charge in [0.05, 0.1) is 5.02 Å². The summed E-state index contributed by atoms with van der Waals surface area (Å²) in [6, 6.07) is 4.16. The van der Waals surface area contributed by atoms with Gasteiger partial charge in [-0.2, -0.15) is 0 Å². The largest absolute Gasteiger partial charge is 0.346 e. The first kappa shape index (κ1) is 15.4. The predicted octanol–water partition coefficient (Wildman–Crippen LogP) is 3.56. The Bertz CT molecular complexity index is 887. The molecule has 3 rings (SSSR count). The number of aromatic nitrogens is 2. The number of H-pyrrole nitrogens is 1. The topological polar surface area (TPSA) is 57.8 Å². The summed E-state index contributed by atoms with van der Waals surface area (Å²) in [6.07, 6.45) is 1.48. The van der Waals surface area contributed by atoms with E-state index in [1.54, 1.807) is 6.07 Å². The molecule has 0 radical (unpaired) electrons. The van der Waals surface area contributed by atoms with Crippen molar-refractivity contribution in [3.05, 3.63) is 64.2 Å². The van der Waals surface area contributed by atoms with Gasteiger partial charge in [-0.1, -0.05) is 11.6 Å². The molecule has 3 aromatic rings. The van der Waals surface area contributed by atoms with Gasteiger partial charge in [0.1, 0.15) is 28.8 Å². The van der Waals surface area contributed by atoms with Crippen molar-refractivity contribution in [2.45, 2.75) is 6.54 Å². The third-order valence-corrected chi connectivity index (χ3v) is 3.58. The molecule has 0 saturated heterocycles. The predicted molar refractivity (Wildman–Crippen MR) is 78.6 cm³/mol. The standard InChI is InChI=1S/C15H9ClF3N3O/c16-10-1-2-20-14-8(10)5-13(22-14)15(23)21-6-9-11(18)3-7(17)4-12(9)19/h1-5H,6H2,(H,20,22)(H,21,23). The van der Waals surface area contributed by atoms with Gasteiger partial charge in [-0.15, -0.1) is 0 Å². The Kier molecular flexibility index (Phi) is 3.96. The number of fused-ring (bicyclic) bond motifs is 1. The van der Waals surface area contributed by atoms with E-state index in [4.69, 9.17) is 11.6 Å². The first-order valence-corrected chi connectivity index (χ1v) is 6.88. The molecule has 0 fully saturated rings. The lowest BCUT2D eigenvalue weighted by molar-refractivity contribution is 0.0946. The number of amides is 1. The quantitative estimate of drug-likeness (QED) is 0.766. The van der Waals surface area contributed by atoms with Crippen LogP contribution in [-0.2, 0) is 6.54 Å². The number of hydrogen-bond acceptors (Lipinski definition) is 2. The van der Waals surface area contributed by atoms with Crippen molar-refractivity contribution in [1.29, 1.82) is 0 Å². The Hall–Kier alpha value is -2.54. The summed E-state index contributed by atoms with van der Waals surface area (Å²) in [4.78, 5) is 18.8. The third-order valence-electron chi connectivity index (χ3n) is 3.25. The summed E-state index contributed by atoms with van der Waals surface area (Å²) in [5.74, 6) is -3.75. The highest BCUT2D eigenvalue weighted by Gasteiger charge is 2.15. The number of rotatable bonds is 3. The van der Waals surface area contributed by atoms with Gasteiger partial charge in [-0.05, 0) is 12.1 Å². The smallest absolute Gasteiger partial charge is 0.268 e. The van der Waals surface area contributed by atoms with Gasteiger partial charge in [0, 0.05) is 35.8 Å². The van der Waals surface area contributed by atoms with Crippen LogP contribution in [0.2, 0.25) is 5.02 Å². The zero-order valence-corrected chi connectivity index (χ0v) is 12.2. The summed E-state index contributed by atoms with van der Waals surface area (Å²) < 4.78 is 39.9. The molecule has 1 amide bonds. The van der Waals surface area contributed by atoms with Crippen LogP contribution < -0.4 is 5.32 Å². The molecule has 0 aliphatic carbocycles. The minimum Gasteiger partial charge on any atom is -0.346 e. The van der Waals surface area contributed by atoms with Crippen LogP contribution in [0.5, 0.6) is 0 Å². The minimum absolute atomic E-state index is 0.142. The van der Waals surface area contributed by atoms with Gasteiger partial charge >= 0.3 is 0 Å². The molecule has 0 aliphatic rings. The van der Waals surface area contributed by atoms with E-state index in [9.17, 15) is 18.0 Å². The fraction of sp³-hybridized carbons (Fsp3) is 0.0667. The molecule has 2 heterocycles. The van der Waals surface area contributed by atoms with Crippen molar-refractivity contribution >= 4 is 28.5 Å². The van der Waals surface area contributed by atoms with E-state index in [-0.39, 0.29) is 5.69 Å². The van der Waals surface area contributed by atoms with Crippen LogP contribution in [0.1, 0.15) is 16.1 Å². The Morgan fingerprint density at radius 3 is 2.57 bits per heavy atom. The van der Waals surface area contributed by atoms with Crippen molar-refractivity contribution in [2.75, 3.05) is 0 Å². The van der Waals surface area contributed by atoms with E-state index in [0.717, 1.165) is 0 Å². The van der Waals surface area contributed by atoms with Crippen molar-refractivity contribution in [1.82, 2.24) is 15.3 Å². The lowest BCUT2D eigenvalue weighted by Gasteiger charge is -2.06. The van der Waals surface area contributed by atoms with E-state index in [0.29, 0.717) is 28.2 Å². The number of aromatic amines is 1. The number of hydrogen-bond donors (Lipinski definition) is 2. The van der Waals surface area contributed by atoms with E-state index in [2.05, 4.69) is 15.3 Å². The van der Waals surface area contributed by atoms with Gasteiger partial charge in [0.25, 0.3) is 5.91 Å². The van der Waals surface area contributed by atoms with Gasteiger partial charge in [-0.3, -0.25) is 4.79 Å². The maximum absolute atomic E-state index is 13.5. The average molecular weight is 340 g/mol. The SMILES string of the molecule is O=C(NCc1c(F)cc(F)cc1F)c1cc2c(Cl)ccnc2[nH]1. The zero-order chi connectivity index (χ0) is 16.6. The van der Waals surface area contributed by atoms with Gasteiger partial charge in [0.15, 0.2) is 0 Å². The van der Waals surface area contributed by atoms with Crippen LogP contribution in [-0.4, -0.2) is 15.9 Å². The number of carbonyl (C=O) groups is 1. The maximum atomic E-state index is 13.5. The summed E-state index contributed by atoms with van der Waals surface area (Å²) in [5, 5.41) is 3.32. The van der Waals surface area contributed by atoms with Gasteiger partial charge in [0.2, 0.25) is 0 Å². The number of nitrogens with one attached hydrogen (secondary N) is 2. The third kappa shape index (κ3) is 3.00. The molecule has 1 aromatic carbocycles. The second-order valence-electron chi connectivity index (χ2n) is 4.77. The average Bonchev–Trinajstić information content (AvgIpc) is 2.91. The van der Waals surface area contributed by atoms with E-state index < -0.39 is 35.5 Å². The summed E-state index contributed by atoms with van der Waals surface area (Å²) in [6.45, 7) is -0.423. The Balaban J connectivity index is 1.80. The van der Waals surface area contributed by atoms with Crippen LogP contribution >= 0.6 is 11.6 Å². The lowest BCUT2D eigenvalue weighted by atomic mass is 10.2. The molecule has 0 spiro atoms. The van der Waals surface area contributed by atoms with Crippen LogP contribution in [0.4, 0.5) is 13.2 Å². The Labute approximate surface area is 133 Å². The first-order valence-electron chi connectivity index (χ1n) is 6.50. The monoisotopic (exact) mass is 339 g/mol. The number of carbonyl (C=O) groups excluding carboxylic acids is 1. The second kappa shape index (κ2) is 5.92. The van der Waals surface area contributed by atoms with Gasteiger partial charge in [-0.25, -0.2) is 18.2 Å². The number of benzene rings is 1. The highest BCUT2D eigenvalue weighted by molar-refractivity contribution is 6.35. The van der Waals surface area contributed by atoms with E-state index in [1.165, 1.54) is 12.3 Å². The van der Waals surface area contributed by atoms with Crippen LogP contribution in [0.25, 0.3) is 11.0 Å². The van der Waals surface area contributed by atoms with Crippen molar-refractivity contribution in [3.8, 4) is 0 Å². The molecule has 118 valence electrons. The highest BCUT2D eigenvalue weighted by Crippen LogP contribution is 2.22. The maximum Gasteiger partial charge on any atom is 0.268 e. The molecule has 0 saturated carbocycles. The van der Waals surface area contributed by atoms with Crippen molar-refractivity contribution < 1.29 is 18.0 Å². The molecule has 2 aromatic heterocycles. The Morgan fingerprint density at radius 2 is 1.91 bits per heavy atom. The molecule has 8 heteroatoms.